The molecule has 0 aliphatic rings. The summed E-state index contributed by atoms with van der Waals surface area (Å²) in [5.74, 6) is -1.39. The third-order valence-electron chi connectivity index (χ3n) is 5.90. The molecule has 0 saturated heterocycles. The highest BCUT2D eigenvalue weighted by Crippen LogP contribution is 2.41. The van der Waals surface area contributed by atoms with Crippen molar-refractivity contribution < 1.29 is 24.1 Å². The van der Waals surface area contributed by atoms with Gasteiger partial charge in [0.25, 0.3) is 0 Å². The number of benzene rings is 3. The van der Waals surface area contributed by atoms with Crippen molar-refractivity contribution in [2.24, 2.45) is 0 Å². The van der Waals surface area contributed by atoms with Gasteiger partial charge >= 0.3 is 5.97 Å². The van der Waals surface area contributed by atoms with E-state index in [1.807, 2.05) is 33.8 Å². The van der Waals surface area contributed by atoms with E-state index in [1.54, 1.807) is 24.3 Å². The molecule has 0 aliphatic carbocycles. The Morgan fingerprint density at radius 1 is 1.14 bits per heavy atom. The molecular weight excluding hydrogens is 495 g/mol. The minimum atomic E-state index is -1.21. The van der Waals surface area contributed by atoms with Crippen LogP contribution in [0.15, 0.2) is 48.5 Å². The lowest BCUT2D eigenvalue weighted by molar-refractivity contribution is 0.0697. The van der Waals surface area contributed by atoms with Crippen LogP contribution in [0.5, 0.6) is 11.5 Å². The van der Waals surface area contributed by atoms with Gasteiger partial charge in [-0.1, -0.05) is 32.0 Å². The van der Waals surface area contributed by atoms with E-state index in [1.165, 1.54) is 18.2 Å². The van der Waals surface area contributed by atoms with Crippen molar-refractivity contribution >= 4 is 24.1 Å². The SMILES string of the molecule is CCCOc1cc(-c2ccc(C(=O)O)c(NC(C)(C)Cc3ccc(CC)cc3F)c2O)ccc1C#N.Cl. The number of nitriles is 1. The second-order valence-electron chi connectivity index (χ2n) is 9.33. The zero-order valence-corrected chi connectivity index (χ0v) is 22.2. The first-order valence-corrected chi connectivity index (χ1v) is 11.9. The molecule has 0 unspecified atom stereocenters. The maximum Gasteiger partial charge on any atom is 0.337 e. The number of hydrogen-bond donors (Lipinski definition) is 3. The topological polar surface area (TPSA) is 103 Å². The largest absolute Gasteiger partial charge is 0.505 e. The van der Waals surface area contributed by atoms with E-state index in [0.717, 1.165) is 18.4 Å². The highest BCUT2D eigenvalue weighted by molar-refractivity contribution is 5.98. The third kappa shape index (κ3) is 6.93. The van der Waals surface area contributed by atoms with E-state index < -0.39 is 11.5 Å². The van der Waals surface area contributed by atoms with Gasteiger partial charge in [0, 0.05) is 11.1 Å². The number of phenols is 1. The van der Waals surface area contributed by atoms with Gasteiger partial charge in [0.15, 0.2) is 0 Å². The number of aryl methyl sites for hydroxylation is 1. The Hall–Kier alpha value is -3.76. The van der Waals surface area contributed by atoms with E-state index in [9.17, 15) is 24.7 Å². The summed E-state index contributed by atoms with van der Waals surface area (Å²) in [5.41, 5.74) is 1.82. The monoisotopic (exact) mass is 526 g/mol. The number of nitrogens with zero attached hydrogens (tertiary/aromatic N) is 1. The predicted molar refractivity (Wildman–Crippen MR) is 145 cm³/mol. The number of ether oxygens (including phenoxy) is 1. The lowest BCUT2D eigenvalue weighted by Crippen LogP contribution is -2.34. The zero-order valence-electron chi connectivity index (χ0n) is 21.4. The van der Waals surface area contributed by atoms with Crippen molar-refractivity contribution in [3.05, 3.63) is 76.6 Å². The lowest BCUT2D eigenvalue weighted by atomic mass is 9.92. The molecule has 196 valence electrons. The highest BCUT2D eigenvalue weighted by atomic mass is 35.5. The molecule has 8 heteroatoms. The summed E-state index contributed by atoms with van der Waals surface area (Å²) < 4.78 is 20.4. The van der Waals surface area contributed by atoms with Crippen LogP contribution < -0.4 is 10.1 Å². The number of carboxylic acids is 1. The van der Waals surface area contributed by atoms with Gasteiger partial charge in [0.05, 0.1) is 23.4 Å². The van der Waals surface area contributed by atoms with Gasteiger partial charge in [-0.3, -0.25) is 0 Å². The van der Waals surface area contributed by atoms with Crippen molar-refractivity contribution in [1.82, 2.24) is 0 Å². The molecule has 3 N–H and O–H groups in total. The highest BCUT2D eigenvalue weighted by Gasteiger charge is 2.26. The maximum atomic E-state index is 14.7. The summed E-state index contributed by atoms with van der Waals surface area (Å²) in [6.45, 7) is 7.97. The van der Waals surface area contributed by atoms with Crippen LogP contribution >= 0.6 is 12.4 Å². The molecule has 3 aromatic carbocycles. The molecule has 37 heavy (non-hydrogen) atoms. The Bertz CT molecular complexity index is 1320. The predicted octanol–water partition coefficient (Wildman–Crippen LogP) is 6.97. The van der Waals surface area contributed by atoms with E-state index in [2.05, 4.69) is 11.4 Å². The van der Waals surface area contributed by atoms with Crippen LogP contribution in [-0.4, -0.2) is 28.3 Å². The molecule has 0 heterocycles. The summed E-state index contributed by atoms with van der Waals surface area (Å²) in [6, 6.07) is 15.1. The van der Waals surface area contributed by atoms with Crippen molar-refractivity contribution in [2.45, 2.75) is 52.5 Å². The minimum Gasteiger partial charge on any atom is -0.505 e. The van der Waals surface area contributed by atoms with Crippen molar-refractivity contribution in [2.75, 3.05) is 11.9 Å². The number of halogens is 2. The number of carbonyl (C=O) groups is 1. The van der Waals surface area contributed by atoms with E-state index in [4.69, 9.17) is 4.74 Å². The first-order chi connectivity index (χ1) is 17.1. The van der Waals surface area contributed by atoms with Crippen LogP contribution in [0.1, 0.15) is 61.2 Å². The maximum absolute atomic E-state index is 14.7. The lowest BCUT2D eigenvalue weighted by Gasteiger charge is -2.30. The molecule has 0 atom stereocenters. The van der Waals surface area contributed by atoms with Gasteiger partial charge in [-0.25, -0.2) is 9.18 Å². The molecule has 3 rings (SSSR count). The van der Waals surface area contributed by atoms with Crippen LogP contribution in [-0.2, 0) is 12.8 Å². The summed E-state index contributed by atoms with van der Waals surface area (Å²) in [4.78, 5) is 12.0. The van der Waals surface area contributed by atoms with Gasteiger partial charge in [0.1, 0.15) is 23.4 Å². The fourth-order valence-corrected chi connectivity index (χ4v) is 4.06. The van der Waals surface area contributed by atoms with Gasteiger partial charge in [0.2, 0.25) is 0 Å². The molecule has 0 aromatic heterocycles. The Kier molecular flexibility index (Phi) is 9.93. The summed E-state index contributed by atoms with van der Waals surface area (Å²) in [7, 11) is 0. The van der Waals surface area contributed by atoms with Crippen molar-refractivity contribution in [3.8, 4) is 28.7 Å². The molecule has 0 amide bonds. The van der Waals surface area contributed by atoms with Crippen LogP contribution in [0.4, 0.5) is 10.1 Å². The normalized spacial score (nSPS) is 10.8. The van der Waals surface area contributed by atoms with Gasteiger partial charge in [-0.2, -0.15) is 5.26 Å². The summed E-state index contributed by atoms with van der Waals surface area (Å²) in [6.07, 6.45) is 1.75. The first kappa shape index (κ1) is 29.5. The standard InChI is InChI=1S/C29H31FN2O4.ClH/c1-5-13-36-25-15-19(9-10-21(25)17-31)22-11-12-23(28(34)35)26(27(22)33)32-29(3,4)16-20-8-7-18(6-2)14-24(20)30;/h7-12,14-15,32-33H,5-6,13,16H2,1-4H3,(H,34,35);1H. The number of aromatic carboxylic acids is 1. The Balaban J connectivity index is 0.00000481. The molecular formula is C29H32ClFN2O4. The molecule has 0 fully saturated rings. The van der Waals surface area contributed by atoms with Gasteiger partial charge in [-0.15, -0.1) is 12.4 Å². The van der Waals surface area contributed by atoms with Crippen molar-refractivity contribution in [3.63, 3.8) is 0 Å². The fraction of sp³-hybridized carbons (Fsp3) is 0.310. The molecule has 0 spiro atoms. The average molecular weight is 527 g/mol. The number of anilines is 1. The number of nitrogens with one attached hydrogen (secondary N) is 1. The zero-order chi connectivity index (χ0) is 26.5. The van der Waals surface area contributed by atoms with E-state index in [-0.39, 0.29) is 41.6 Å². The Labute approximate surface area is 223 Å². The first-order valence-electron chi connectivity index (χ1n) is 11.9. The van der Waals surface area contributed by atoms with Crippen LogP contribution in [0.2, 0.25) is 0 Å². The van der Waals surface area contributed by atoms with Crippen LogP contribution in [0.25, 0.3) is 11.1 Å². The van der Waals surface area contributed by atoms with E-state index >= 15 is 0 Å². The Morgan fingerprint density at radius 2 is 1.86 bits per heavy atom. The fourth-order valence-electron chi connectivity index (χ4n) is 4.06. The molecule has 3 aromatic rings. The second-order valence-corrected chi connectivity index (χ2v) is 9.33. The number of phenolic OH excluding ortho intramolecular Hbond substituents is 1. The van der Waals surface area contributed by atoms with E-state index in [0.29, 0.717) is 34.6 Å². The van der Waals surface area contributed by atoms with Crippen molar-refractivity contribution in [1.29, 1.82) is 5.26 Å². The Morgan fingerprint density at radius 3 is 2.46 bits per heavy atom. The number of hydrogen-bond acceptors (Lipinski definition) is 5. The number of rotatable bonds is 10. The molecule has 0 aliphatic heterocycles. The molecule has 0 saturated carbocycles. The summed E-state index contributed by atoms with van der Waals surface area (Å²) in [5, 5.41) is 33.5. The average Bonchev–Trinajstić information content (AvgIpc) is 2.84. The minimum absolute atomic E-state index is 0. The van der Waals surface area contributed by atoms with Crippen LogP contribution in [0, 0.1) is 17.1 Å². The molecule has 0 radical (unpaired) electrons. The molecule has 0 bridgehead atoms. The van der Waals surface area contributed by atoms with Gasteiger partial charge < -0.3 is 20.3 Å². The van der Waals surface area contributed by atoms with Gasteiger partial charge in [-0.05, 0) is 80.1 Å². The number of carboxylic acid groups (broad SMARTS) is 1. The van der Waals surface area contributed by atoms with Crippen LogP contribution in [0.3, 0.4) is 0 Å². The quantitative estimate of drug-likeness (QED) is 0.246. The third-order valence-corrected chi connectivity index (χ3v) is 5.90. The summed E-state index contributed by atoms with van der Waals surface area (Å²) >= 11 is 0. The molecule has 6 nitrogen and oxygen atoms in total. The second kappa shape index (κ2) is 12.5. The number of aromatic hydroxyl groups is 1. The smallest absolute Gasteiger partial charge is 0.337 e.